The van der Waals surface area contributed by atoms with Crippen molar-refractivity contribution in [3.63, 3.8) is 0 Å². The Balaban J connectivity index is 0.000000373. The molecule has 800 valence electrons. The van der Waals surface area contributed by atoms with Crippen molar-refractivity contribution in [1.29, 1.82) is 0 Å². The minimum absolute atomic E-state index is 0. The number of rotatable bonds is 39. The number of hydrogen-bond donors (Lipinski definition) is 7. The number of fused-ring (bicyclic) bond motifs is 4. The van der Waals surface area contributed by atoms with Crippen LogP contribution in [0.3, 0.4) is 0 Å². The Kier molecular flexibility index (Phi) is 44.7. The number of aromatic nitrogens is 2. The van der Waals surface area contributed by atoms with Gasteiger partial charge in [-0.3, -0.25) is 48.4 Å². The first-order chi connectivity index (χ1) is 65.5. The Labute approximate surface area is 864 Å². The highest BCUT2D eigenvalue weighted by Gasteiger charge is 2.72. The lowest BCUT2D eigenvalue weighted by molar-refractivity contribution is -0.149. The van der Waals surface area contributed by atoms with Gasteiger partial charge in [-0.2, -0.15) is 0 Å². The zero-order chi connectivity index (χ0) is 108. The van der Waals surface area contributed by atoms with Crippen LogP contribution in [0.4, 0.5) is 25.0 Å². The number of pyridine rings is 2. The number of aliphatic carboxylic acids is 2. The van der Waals surface area contributed by atoms with E-state index in [0.717, 1.165) is 28.6 Å². The number of nitrogens with one attached hydrogen (secondary N) is 4. The van der Waals surface area contributed by atoms with Crippen molar-refractivity contribution >= 4 is 115 Å². The zero-order valence-corrected chi connectivity index (χ0v) is 91.5. The Morgan fingerprint density at radius 3 is 0.930 bits per heavy atom. The number of allylic oxidation sites excluding steroid dienone is 5. The van der Waals surface area contributed by atoms with E-state index < -0.39 is 122 Å². The third kappa shape index (κ3) is 35.5. The average molecular weight is 2130 g/mol. The molecule has 8 fully saturated rings. The maximum atomic E-state index is 13.7. The van der Waals surface area contributed by atoms with E-state index >= 15 is 0 Å². The van der Waals surface area contributed by atoms with Crippen molar-refractivity contribution in [3.05, 3.63) is 139 Å². The van der Waals surface area contributed by atoms with Crippen LogP contribution in [-0.2, 0) is 101 Å². The predicted molar refractivity (Wildman–Crippen MR) is 556 cm³/mol. The molecule has 143 heavy (non-hydrogen) atoms. The second-order valence-corrected chi connectivity index (χ2v) is 46.8. The normalized spacial score (nSPS) is 22.8. The van der Waals surface area contributed by atoms with E-state index in [1.165, 1.54) is 14.7 Å². The highest BCUT2D eigenvalue weighted by atomic mass is 79.9. The van der Waals surface area contributed by atoms with E-state index in [4.69, 9.17) is 48.7 Å². The molecule has 12 atom stereocenters. The van der Waals surface area contributed by atoms with E-state index in [0.29, 0.717) is 139 Å². The van der Waals surface area contributed by atoms with Gasteiger partial charge >= 0.3 is 48.3 Å². The molecule has 0 radical (unpaired) electrons. The summed E-state index contributed by atoms with van der Waals surface area (Å²) in [5, 5.41) is 30.1. The number of nitrogens with zero attached hydrogens (tertiary/aromatic N) is 6. The molecule has 0 aromatic carbocycles. The molecule has 36 heteroatoms. The molecule has 0 spiro atoms. The molecule has 4 saturated carbocycles. The third-order valence-electron chi connectivity index (χ3n) is 25.9. The number of amides is 8. The van der Waals surface area contributed by atoms with Gasteiger partial charge in [0.2, 0.25) is 23.6 Å². The van der Waals surface area contributed by atoms with Crippen LogP contribution in [0.1, 0.15) is 274 Å². The van der Waals surface area contributed by atoms with Crippen LogP contribution in [0.2, 0.25) is 0 Å². The van der Waals surface area contributed by atoms with Crippen molar-refractivity contribution in [3.8, 4) is 0 Å². The molecule has 2 aromatic heterocycles. The number of anilines is 1. The molecule has 2 aromatic rings. The summed E-state index contributed by atoms with van der Waals surface area (Å²) in [7, 11) is 0. The van der Waals surface area contributed by atoms with Crippen LogP contribution in [-0.4, -0.2) is 241 Å². The molecule has 8 N–H and O–H groups in total. The van der Waals surface area contributed by atoms with Crippen LogP contribution in [0, 0.1) is 48.7 Å². The second-order valence-electron chi connectivity index (χ2n) is 45.2. The topological polar surface area (TPSA) is 449 Å². The third-order valence-corrected chi connectivity index (χ3v) is 26.8. The number of nitrogens with two attached hydrogens (primary N) is 1. The van der Waals surface area contributed by atoms with E-state index in [1.54, 1.807) is 158 Å². The number of ketones is 1. The highest BCUT2D eigenvalue weighted by molar-refractivity contribution is 9.10. The Hall–Kier alpha value is -10.3. The molecule has 0 bridgehead atoms. The Morgan fingerprint density at radius 2 is 0.664 bits per heavy atom. The van der Waals surface area contributed by atoms with Crippen molar-refractivity contribution in [1.82, 2.24) is 50.8 Å². The summed E-state index contributed by atoms with van der Waals surface area (Å²) in [4.78, 5) is 177. The van der Waals surface area contributed by atoms with Crippen LogP contribution < -0.4 is 27.0 Å². The van der Waals surface area contributed by atoms with E-state index in [9.17, 15) is 67.4 Å². The number of halogens is 2. The first-order valence-electron chi connectivity index (χ1n) is 48.5. The highest BCUT2D eigenvalue weighted by Crippen LogP contribution is 2.63. The van der Waals surface area contributed by atoms with Gasteiger partial charge < -0.3 is 75.1 Å². The lowest BCUT2D eigenvalue weighted by atomic mass is 9.87. The molecule has 0 unspecified atom stereocenters. The van der Waals surface area contributed by atoms with Gasteiger partial charge in [-0.15, -0.1) is 46.1 Å². The largest absolute Gasteiger partial charge is 0.481 e. The smallest absolute Gasteiger partial charge is 0.411 e. The first-order valence-corrected chi connectivity index (χ1v) is 50.1. The van der Waals surface area contributed by atoms with Crippen LogP contribution in [0.15, 0.2) is 122 Å². The van der Waals surface area contributed by atoms with Crippen LogP contribution >= 0.6 is 31.9 Å². The number of carboxylic acids is 2. The fraction of sp³-hybridized carbons (Fsp3) is 0.654. The first kappa shape index (κ1) is 125. The number of hydrogen-bond acceptors (Lipinski definition) is 24. The average Bonchev–Trinajstić information content (AvgIpc) is 1.55. The lowest BCUT2D eigenvalue weighted by Gasteiger charge is -2.30. The standard InChI is InChI=1S/C29H40BrN3O5.2C21H34N2O5.C19H30N2O5.C9H11BrN2O.C7H12O2.CH4/c1-8-12-28(6,7)25(35)31-18-29-15-21(33(23(29)16-29)26(36)38-27(3,4)5)22(34)14-20-19(17-37-13-9-2)10-11-24(30)32-20;2*1-8-10-20(6,7)17(25)22-13-21-11-14(16(24)27-9-2)23(15(21)12-21)18(26)28-19(3,4)5;1-7-8-18(5,6)15(24)20-11-19-9-12(14(22)23)21(13(19)10-19)16(25)26-17(2,3)4;1-2-5-13-6-7-3-4-8(10)12-9(7)11;1-4-5-7(2,3)6(8)9;/h8-11,21,23H,1-2,12-18H2,3-7H3,(H,31,35);2*8,14-15H,1,9-13H2,2-7H3,(H,22,25);7,12-13H,1,8-11H2,2-6H3,(H,20,24)(H,22,23);2-4H,1,5-6H2,(H2,11,12);4H,1,5H2,2-3H3,(H,8,9);1H4/t21-,23+,29-;2*14-,15+,21-;12-,13+,19-;;;/m0000.../s1. The van der Waals surface area contributed by atoms with Crippen molar-refractivity contribution < 1.29 is 110 Å². The number of ether oxygens (including phenoxy) is 8. The number of esters is 2. The number of carbonyl (C=O) groups is 13. The SMILES string of the molecule is C.C=CCC(C)(C)C(=O)NC[C@@]12C[C@@H](C(=O)O)N(C(=O)OC(C)(C)C)[C@@H]1C2.C=CCC(C)(C)C(=O)NC[C@@]12C[C@@H](C(=O)OCC)N(C(=O)OC(C)(C)C)[C@@H]1C2.C=CCC(C)(C)C(=O)NC[C@@]12C[C@@H](C(=O)OCC)N(C(=O)OC(C)(C)C)[C@@H]1C2.C=CCC(C)(C)C(=O)O.C=CCOCc1ccc(Br)nc1CC(=O)[C@@H]1C[C@@]2(CNC(=O)C(C)(C)CC=C)C[C@H]2N1C(=O)OC(C)(C)C.C=CCOCc1ccc(Br)nc1N. The van der Waals surface area contributed by atoms with Crippen LogP contribution in [0.5, 0.6) is 0 Å². The number of piperidine rings is 4. The molecule has 34 nitrogen and oxygen atoms in total. The van der Waals surface area contributed by atoms with Crippen molar-refractivity contribution in [2.24, 2.45) is 48.7 Å². The monoisotopic (exact) mass is 2130 g/mol. The van der Waals surface area contributed by atoms with E-state index in [2.05, 4.69) is 109 Å². The van der Waals surface area contributed by atoms with Crippen molar-refractivity contribution in [2.75, 3.05) is 58.3 Å². The van der Waals surface area contributed by atoms with Gasteiger partial charge in [-0.05, 0) is 244 Å². The van der Waals surface area contributed by atoms with Gasteiger partial charge in [0.25, 0.3) is 0 Å². The zero-order valence-electron chi connectivity index (χ0n) is 88.4. The summed E-state index contributed by atoms with van der Waals surface area (Å²) in [5.41, 5.74) is 1.04. The fourth-order valence-corrected chi connectivity index (χ4v) is 18.3. The molecule has 10 rings (SSSR count). The number of carboxylic acid groups (broad SMARTS) is 2. The minimum Gasteiger partial charge on any atom is -0.481 e. The second kappa shape index (κ2) is 51.1. The number of carbonyl (C=O) groups excluding carboxylic acids is 11. The van der Waals surface area contributed by atoms with Gasteiger partial charge in [0.15, 0.2) is 5.78 Å². The summed E-state index contributed by atoms with van der Waals surface area (Å²) >= 11 is 6.63. The molecular formula is C107H165Br2N11O23. The quantitative estimate of drug-likeness (QED) is 0.0107. The number of likely N-dealkylation sites (tertiary alicyclic amines) is 4. The van der Waals surface area contributed by atoms with Gasteiger partial charge in [0.1, 0.15) is 55.6 Å². The maximum Gasteiger partial charge on any atom is 0.411 e. The van der Waals surface area contributed by atoms with Gasteiger partial charge in [0, 0.05) is 99.2 Å². The summed E-state index contributed by atoms with van der Waals surface area (Å²) < 4.78 is 44.6. The summed E-state index contributed by atoms with van der Waals surface area (Å²) in [5.74, 6) is -2.56. The number of nitrogen functional groups attached to an aromatic ring is 1. The molecule has 8 aliphatic rings. The van der Waals surface area contributed by atoms with E-state index in [-0.39, 0.29) is 102 Å². The molecule has 4 saturated heterocycles. The Bertz CT molecular complexity index is 4790. The summed E-state index contributed by atoms with van der Waals surface area (Å²) in [6.07, 6.45) is 17.2. The van der Waals surface area contributed by atoms with Crippen molar-refractivity contribution in [2.45, 2.75) is 347 Å². The summed E-state index contributed by atoms with van der Waals surface area (Å²) in [6.45, 7) is 72.5. The minimum atomic E-state index is -1.04. The fourth-order valence-electron chi connectivity index (χ4n) is 17.7. The molecule has 4 aliphatic heterocycles. The number of Topliss-reactive ketones (excluding diaryl/α,β-unsaturated/α-hetero) is 1. The summed E-state index contributed by atoms with van der Waals surface area (Å²) in [6, 6.07) is 3.86. The van der Waals surface area contributed by atoms with Crippen LogP contribution in [0.25, 0.3) is 0 Å². The predicted octanol–water partition coefficient (Wildman–Crippen LogP) is 18.2. The van der Waals surface area contributed by atoms with Gasteiger partial charge in [0.05, 0.1) is 63.2 Å². The van der Waals surface area contributed by atoms with Gasteiger partial charge in [-0.1, -0.05) is 117 Å². The van der Waals surface area contributed by atoms with E-state index in [1.807, 2.05) is 79.7 Å². The molecule has 8 amide bonds. The molecule has 6 heterocycles. The lowest BCUT2D eigenvalue weighted by Crippen LogP contribution is -2.46. The van der Waals surface area contributed by atoms with Gasteiger partial charge in [-0.25, -0.2) is 43.5 Å². The maximum absolute atomic E-state index is 13.7. The molecular weight excluding hydrogens is 1970 g/mol. The molecule has 4 aliphatic carbocycles. The Morgan fingerprint density at radius 1 is 0.399 bits per heavy atom.